The third kappa shape index (κ3) is 4.18. The number of carbonyl (C=O) groups is 1. The summed E-state index contributed by atoms with van der Waals surface area (Å²) in [6.45, 7) is 9.02. The minimum atomic E-state index is -0.201. The molecule has 1 aliphatic heterocycles. The maximum absolute atomic E-state index is 10.6. The van der Waals surface area contributed by atoms with Gasteiger partial charge < -0.3 is 9.47 Å². The summed E-state index contributed by atoms with van der Waals surface area (Å²) in [4.78, 5) is 12.9. The molecule has 0 aromatic carbocycles. The Labute approximate surface area is 91.5 Å². The molecule has 4 heteroatoms. The number of rotatable bonds is 5. The van der Waals surface area contributed by atoms with Gasteiger partial charge in [-0.1, -0.05) is 13.8 Å². The van der Waals surface area contributed by atoms with Crippen molar-refractivity contribution in [2.24, 2.45) is 5.92 Å². The van der Waals surface area contributed by atoms with E-state index in [-0.39, 0.29) is 12.2 Å². The zero-order valence-corrected chi connectivity index (χ0v) is 9.86. The van der Waals surface area contributed by atoms with Crippen LogP contribution in [0.4, 0.5) is 0 Å². The lowest BCUT2D eigenvalue weighted by molar-refractivity contribution is -0.141. The smallest absolute Gasteiger partial charge is 0.302 e. The summed E-state index contributed by atoms with van der Waals surface area (Å²) in [5, 5.41) is 0. The fourth-order valence-electron chi connectivity index (χ4n) is 1.86. The van der Waals surface area contributed by atoms with Crippen LogP contribution >= 0.6 is 0 Å². The minimum Gasteiger partial charge on any atom is -0.466 e. The van der Waals surface area contributed by atoms with Gasteiger partial charge in [-0.3, -0.25) is 9.69 Å². The molecule has 0 amide bonds. The number of ether oxygens (including phenoxy) is 2. The van der Waals surface area contributed by atoms with Gasteiger partial charge in [0.15, 0.2) is 0 Å². The van der Waals surface area contributed by atoms with Gasteiger partial charge in [-0.2, -0.15) is 0 Å². The van der Waals surface area contributed by atoms with Crippen LogP contribution in [0.1, 0.15) is 27.2 Å². The van der Waals surface area contributed by atoms with Crippen molar-refractivity contribution in [2.75, 3.05) is 26.3 Å². The van der Waals surface area contributed by atoms with Crippen LogP contribution < -0.4 is 0 Å². The quantitative estimate of drug-likeness (QED) is 0.511. The van der Waals surface area contributed by atoms with Crippen LogP contribution in [0.5, 0.6) is 0 Å². The van der Waals surface area contributed by atoms with Crippen LogP contribution in [0.25, 0.3) is 0 Å². The summed E-state index contributed by atoms with van der Waals surface area (Å²) in [6.07, 6.45) is 1.12. The Balaban J connectivity index is 2.17. The zero-order chi connectivity index (χ0) is 11.3. The predicted octanol–water partition coefficient (Wildman–Crippen LogP) is 1.25. The lowest BCUT2D eigenvalue weighted by Gasteiger charge is -2.25. The number of esters is 1. The first-order valence-electron chi connectivity index (χ1n) is 5.60. The Morgan fingerprint density at radius 3 is 2.93 bits per heavy atom. The van der Waals surface area contributed by atoms with Gasteiger partial charge in [-0.15, -0.1) is 0 Å². The van der Waals surface area contributed by atoms with Crippen molar-refractivity contribution in [3.05, 3.63) is 0 Å². The summed E-state index contributed by atoms with van der Waals surface area (Å²) in [5.41, 5.74) is 0. The molecule has 0 unspecified atom stereocenters. The van der Waals surface area contributed by atoms with Crippen molar-refractivity contribution in [2.45, 2.75) is 33.4 Å². The topological polar surface area (TPSA) is 38.8 Å². The highest BCUT2D eigenvalue weighted by molar-refractivity contribution is 5.65. The molecule has 0 aromatic heterocycles. The lowest BCUT2D eigenvalue weighted by Crippen LogP contribution is -2.35. The van der Waals surface area contributed by atoms with E-state index in [1.165, 1.54) is 6.92 Å². The van der Waals surface area contributed by atoms with Crippen molar-refractivity contribution in [1.82, 2.24) is 4.90 Å². The van der Waals surface area contributed by atoms with Crippen molar-refractivity contribution in [3.8, 4) is 0 Å². The van der Waals surface area contributed by atoms with Crippen LogP contribution in [0.2, 0.25) is 0 Å². The van der Waals surface area contributed by atoms with Crippen LogP contribution in [0.15, 0.2) is 0 Å². The van der Waals surface area contributed by atoms with Gasteiger partial charge in [-0.25, -0.2) is 0 Å². The molecule has 0 spiro atoms. The van der Waals surface area contributed by atoms with Crippen LogP contribution in [-0.4, -0.2) is 43.4 Å². The van der Waals surface area contributed by atoms with E-state index in [1.54, 1.807) is 0 Å². The molecule has 88 valence electrons. The summed E-state index contributed by atoms with van der Waals surface area (Å²) >= 11 is 0. The number of carbonyl (C=O) groups excluding carboxylic acids is 1. The molecule has 1 saturated heterocycles. The molecule has 0 N–H and O–H groups in total. The highest BCUT2D eigenvalue weighted by Crippen LogP contribution is 2.17. The molecular weight excluding hydrogens is 194 g/mol. The van der Waals surface area contributed by atoms with Gasteiger partial charge in [0.2, 0.25) is 0 Å². The SMILES string of the molecule is CC(=O)OCCCN1CCO[C@@H]1C(C)C. The second-order valence-electron chi connectivity index (χ2n) is 4.23. The molecule has 1 rings (SSSR count). The van der Waals surface area contributed by atoms with Gasteiger partial charge >= 0.3 is 5.97 Å². The first kappa shape index (κ1) is 12.5. The summed E-state index contributed by atoms with van der Waals surface area (Å²) in [6, 6.07) is 0. The number of nitrogens with zero attached hydrogens (tertiary/aromatic N) is 1. The third-order valence-corrected chi connectivity index (χ3v) is 2.49. The molecule has 4 nitrogen and oxygen atoms in total. The maximum atomic E-state index is 10.6. The van der Waals surface area contributed by atoms with E-state index in [0.717, 1.165) is 26.1 Å². The van der Waals surface area contributed by atoms with E-state index in [2.05, 4.69) is 18.7 Å². The largest absolute Gasteiger partial charge is 0.466 e. The second-order valence-corrected chi connectivity index (χ2v) is 4.23. The van der Waals surface area contributed by atoms with Gasteiger partial charge in [-0.05, 0) is 12.3 Å². The molecular formula is C11H21NO3. The Kier molecular flexibility index (Phi) is 5.05. The van der Waals surface area contributed by atoms with E-state index in [4.69, 9.17) is 9.47 Å². The molecule has 0 aromatic rings. The van der Waals surface area contributed by atoms with Crippen LogP contribution in [-0.2, 0) is 14.3 Å². The molecule has 15 heavy (non-hydrogen) atoms. The second kappa shape index (κ2) is 6.08. The minimum absolute atomic E-state index is 0.201. The van der Waals surface area contributed by atoms with Gasteiger partial charge in [0.1, 0.15) is 6.23 Å². The van der Waals surface area contributed by atoms with Crippen LogP contribution in [0.3, 0.4) is 0 Å². The highest BCUT2D eigenvalue weighted by Gasteiger charge is 2.27. The van der Waals surface area contributed by atoms with Crippen molar-refractivity contribution >= 4 is 5.97 Å². The first-order valence-corrected chi connectivity index (χ1v) is 5.60. The van der Waals surface area contributed by atoms with Gasteiger partial charge in [0.25, 0.3) is 0 Å². The summed E-state index contributed by atoms with van der Waals surface area (Å²) < 4.78 is 10.5. The van der Waals surface area contributed by atoms with E-state index < -0.39 is 0 Å². The van der Waals surface area contributed by atoms with Crippen molar-refractivity contribution in [3.63, 3.8) is 0 Å². The number of hydrogen-bond acceptors (Lipinski definition) is 4. The predicted molar refractivity (Wildman–Crippen MR) is 57.4 cm³/mol. The molecule has 1 aliphatic rings. The average Bonchev–Trinajstić information content (AvgIpc) is 2.60. The van der Waals surface area contributed by atoms with E-state index in [1.807, 2.05) is 0 Å². The lowest BCUT2D eigenvalue weighted by atomic mass is 10.2. The van der Waals surface area contributed by atoms with E-state index >= 15 is 0 Å². The highest BCUT2D eigenvalue weighted by atomic mass is 16.5. The summed E-state index contributed by atoms with van der Waals surface area (Å²) in [5.74, 6) is 0.314. The van der Waals surface area contributed by atoms with Crippen LogP contribution in [0, 0.1) is 5.92 Å². The van der Waals surface area contributed by atoms with Gasteiger partial charge in [0.05, 0.1) is 13.2 Å². The van der Waals surface area contributed by atoms with Crippen molar-refractivity contribution in [1.29, 1.82) is 0 Å². The Morgan fingerprint density at radius 2 is 2.33 bits per heavy atom. The molecule has 0 saturated carbocycles. The average molecular weight is 215 g/mol. The Hall–Kier alpha value is -0.610. The summed E-state index contributed by atoms with van der Waals surface area (Å²) in [7, 11) is 0. The molecule has 1 heterocycles. The van der Waals surface area contributed by atoms with E-state index in [9.17, 15) is 4.79 Å². The maximum Gasteiger partial charge on any atom is 0.302 e. The monoisotopic (exact) mass is 215 g/mol. The molecule has 0 aliphatic carbocycles. The normalized spacial score (nSPS) is 22.3. The number of hydrogen-bond donors (Lipinski definition) is 0. The standard InChI is InChI=1S/C11H21NO3/c1-9(2)11-12(6-8-15-11)5-4-7-14-10(3)13/h9,11H,4-8H2,1-3H3/t11-/m1/s1. The fraction of sp³-hybridized carbons (Fsp3) is 0.909. The Morgan fingerprint density at radius 1 is 1.60 bits per heavy atom. The molecule has 1 atom stereocenters. The molecule has 1 fully saturated rings. The van der Waals surface area contributed by atoms with E-state index in [0.29, 0.717) is 12.5 Å². The third-order valence-electron chi connectivity index (χ3n) is 2.49. The fourth-order valence-corrected chi connectivity index (χ4v) is 1.86. The van der Waals surface area contributed by atoms with Crippen molar-refractivity contribution < 1.29 is 14.3 Å². The molecule has 0 bridgehead atoms. The first-order chi connectivity index (χ1) is 7.11. The molecule has 0 radical (unpaired) electrons. The Bertz CT molecular complexity index is 206. The zero-order valence-electron chi connectivity index (χ0n) is 9.86. The van der Waals surface area contributed by atoms with Gasteiger partial charge in [0, 0.05) is 20.0 Å².